The van der Waals surface area contributed by atoms with Gasteiger partial charge in [0.15, 0.2) is 0 Å². The van der Waals surface area contributed by atoms with Crippen LogP contribution in [0.1, 0.15) is 23.1 Å². The maximum Gasteiger partial charge on any atom is 0.334 e. The molecule has 4 nitrogen and oxygen atoms in total. The van der Waals surface area contributed by atoms with Crippen LogP contribution in [0.15, 0.2) is 66.4 Å². The molecule has 0 atom stereocenters. The fourth-order valence-electron chi connectivity index (χ4n) is 3.43. The number of benzene rings is 2. The van der Waals surface area contributed by atoms with Crippen LogP contribution in [0.2, 0.25) is 0 Å². The fraction of sp³-hybridized carbons (Fsp3) is 0.292. The van der Waals surface area contributed by atoms with E-state index in [0.717, 1.165) is 29.7 Å². The number of hydrogen-bond acceptors (Lipinski definition) is 4. The van der Waals surface area contributed by atoms with Gasteiger partial charge in [0.25, 0.3) is 0 Å². The van der Waals surface area contributed by atoms with Gasteiger partial charge < -0.3 is 9.47 Å². The molecule has 3 rings (SSSR count). The summed E-state index contributed by atoms with van der Waals surface area (Å²) in [7, 11) is 1.39. The molecule has 0 aromatic heterocycles. The Morgan fingerprint density at radius 2 is 1.86 bits per heavy atom. The van der Waals surface area contributed by atoms with E-state index in [1.165, 1.54) is 13.2 Å². The van der Waals surface area contributed by atoms with Gasteiger partial charge in [-0.1, -0.05) is 48.5 Å². The first kappa shape index (κ1) is 20.8. The molecule has 2 aromatic carbocycles. The molecular formula is C24H26FNO3. The Morgan fingerprint density at radius 1 is 1.14 bits per heavy atom. The number of methoxy groups -OCH3 is 1. The third-order valence-electron chi connectivity index (χ3n) is 5.00. The minimum absolute atomic E-state index is 0.281. The van der Waals surface area contributed by atoms with E-state index in [-0.39, 0.29) is 11.8 Å². The van der Waals surface area contributed by atoms with Crippen LogP contribution in [-0.4, -0.2) is 44.2 Å². The van der Waals surface area contributed by atoms with Gasteiger partial charge in [0.1, 0.15) is 12.4 Å². The molecule has 0 saturated heterocycles. The summed E-state index contributed by atoms with van der Waals surface area (Å²) in [5.41, 5.74) is 3.90. The zero-order valence-corrected chi connectivity index (χ0v) is 16.9. The van der Waals surface area contributed by atoms with E-state index in [4.69, 9.17) is 9.47 Å². The molecule has 0 amide bonds. The van der Waals surface area contributed by atoms with Gasteiger partial charge in [0.05, 0.1) is 13.4 Å². The third-order valence-corrected chi connectivity index (χ3v) is 5.00. The number of nitrogens with zero attached hydrogens (tertiary/aromatic N) is 1. The molecule has 0 fully saturated rings. The second-order valence-corrected chi connectivity index (χ2v) is 6.98. The number of hydrogen-bond donors (Lipinski definition) is 0. The van der Waals surface area contributed by atoms with Crippen molar-refractivity contribution in [3.63, 3.8) is 0 Å². The predicted molar refractivity (Wildman–Crippen MR) is 112 cm³/mol. The Bertz CT molecular complexity index is 872. The van der Waals surface area contributed by atoms with Crippen LogP contribution >= 0.6 is 0 Å². The molecule has 29 heavy (non-hydrogen) atoms. The topological polar surface area (TPSA) is 38.8 Å². The zero-order chi connectivity index (χ0) is 20.6. The maximum atomic E-state index is 14.5. The lowest BCUT2D eigenvalue weighted by molar-refractivity contribution is -0.136. The highest BCUT2D eigenvalue weighted by Gasteiger charge is 2.18. The van der Waals surface area contributed by atoms with E-state index >= 15 is 0 Å². The number of carbonyl (C=O) groups excluding carboxylic acids is 1. The monoisotopic (exact) mass is 395 g/mol. The molecule has 2 aromatic rings. The number of aryl methyl sites for hydroxylation is 1. The Kier molecular flexibility index (Phi) is 7.19. The Labute approximate surface area is 171 Å². The molecular weight excluding hydrogens is 369 g/mol. The fourth-order valence-corrected chi connectivity index (χ4v) is 3.43. The normalized spacial score (nSPS) is 15.0. The largest absolute Gasteiger partial charge is 0.499 e. The lowest BCUT2D eigenvalue weighted by Gasteiger charge is -2.25. The number of carbonyl (C=O) groups is 1. The molecule has 0 bridgehead atoms. The molecule has 1 aliphatic rings. The number of ether oxygens (including phenoxy) is 2. The molecule has 152 valence electrons. The number of esters is 1. The van der Waals surface area contributed by atoms with Crippen LogP contribution in [-0.2, 0) is 14.3 Å². The second kappa shape index (κ2) is 10.0. The van der Waals surface area contributed by atoms with Gasteiger partial charge in [-0.2, -0.15) is 0 Å². The molecule has 1 heterocycles. The summed E-state index contributed by atoms with van der Waals surface area (Å²) < 4.78 is 25.1. The highest BCUT2D eigenvalue weighted by atomic mass is 19.1. The zero-order valence-electron chi connectivity index (χ0n) is 16.9. The summed E-state index contributed by atoms with van der Waals surface area (Å²) in [5, 5.41) is 0. The molecule has 0 N–H and O–H groups in total. The molecule has 0 unspecified atom stereocenters. The highest BCUT2D eigenvalue weighted by molar-refractivity contribution is 5.89. The van der Waals surface area contributed by atoms with Crippen molar-refractivity contribution in [3.8, 4) is 0 Å². The first-order valence-electron chi connectivity index (χ1n) is 9.72. The van der Waals surface area contributed by atoms with Crippen molar-refractivity contribution in [2.24, 2.45) is 0 Å². The van der Waals surface area contributed by atoms with Gasteiger partial charge in [0, 0.05) is 36.3 Å². The first-order valence-corrected chi connectivity index (χ1v) is 9.72. The second-order valence-electron chi connectivity index (χ2n) is 6.98. The van der Waals surface area contributed by atoms with E-state index in [2.05, 4.69) is 4.90 Å². The van der Waals surface area contributed by atoms with Crippen LogP contribution in [0, 0.1) is 12.7 Å². The summed E-state index contributed by atoms with van der Waals surface area (Å²) in [5.74, 6) is -0.564. The van der Waals surface area contributed by atoms with Gasteiger partial charge in [-0.15, -0.1) is 0 Å². The van der Waals surface area contributed by atoms with Crippen molar-refractivity contribution in [3.05, 3.63) is 88.9 Å². The van der Waals surface area contributed by atoms with Gasteiger partial charge in [0.2, 0.25) is 0 Å². The maximum absolute atomic E-state index is 14.5. The predicted octanol–water partition coefficient (Wildman–Crippen LogP) is 4.35. The van der Waals surface area contributed by atoms with Crippen molar-refractivity contribution in [1.29, 1.82) is 0 Å². The minimum Gasteiger partial charge on any atom is -0.499 e. The van der Waals surface area contributed by atoms with Gasteiger partial charge >= 0.3 is 5.97 Å². The molecule has 0 aliphatic carbocycles. The van der Waals surface area contributed by atoms with Crippen molar-refractivity contribution >= 4 is 11.5 Å². The smallest absolute Gasteiger partial charge is 0.334 e. The summed E-state index contributed by atoms with van der Waals surface area (Å²) in [6.07, 6.45) is 4.38. The Hall–Kier alpha value is -2.92. The molecule has 0 saturated carbocycles. The van der Waals surface area contributed by atoms with Gasteiger partial charge in [-0.25, -0.2) is 9.18 Å². The van der Waals surface area contributed by atoms with E-state index in [1.54, 1.807) is 18.4 Å². The minimum atomic E-state index is -0.283. The van der Waals surface area contributed by atoms with Crippen LogP contribution in [0.4, 0.5) is 4.39 Å². The van der Waals surface area contributed by atoms with Crippen LogP contribution in [0.3, 0.4) is 0 Å². The summed E-state index contributed by atoms with van der Waals surface area (Å²) >= 11 is 0. The van der Waals surface area contributed by atoms with Crippen LogP contribution in [0.25, 0.3) is 5.57 Å². The third kappa shape index (κ3) is 5.33. The highest BCUT2D eigenvalue weighted by Crippen LogP contribution is 2.28. The first-order chi connectivity index (χ1) is 14.1. The van der Waals surface area contributed by atoms with E-state index in [0.29, 0.717) is 30.8 Å². The van der Waals surface area contributed by atoms with Gasteiger partial charge in [-0.3, -0.25) is 4.90 Å². The van der Waals surface area contributed by atoms with Crippen LogP contribution in [0.5, 0.6) is 0 Å². The van der Waals surface area contributed by atoms with Crippen molar-refractivity contribution in [1.82, 2.24) is 4.90 Å². The van der Waals surface area contributed by atoms with E-state index < -0.39 is 0 Å². The van der Waals surface area contributed by atoms with Gasteiger partial charge in [-0.05, 0) is 30.5 Å². The average molecular weight is 395 g/mol. The van der Waals surface area contributed by atoms with E-state index in [1.807, 2.05) is 43.3 Å². The lowest BCUT2D eigenvalue weighted by atomic mass is 9.95. The van der Waals surface area contributed by atoms with Crippen molar-refractivity contribution in [2.45, 2.75) is 13.3 Å². The van der Waals surface area contributed by atoms with E-state index in [9.17, 15) is 9.18 Å². The Morgan fingerprint density at radius 3 is 2.59 bits per heavy atom. The molecule has 5 heteroatoms. The lowest BCUT2D eigenvalue weighted by Crippen LogP contribution is -2.34. The Balaban J connectivity index is 1.70. The standard InChI is InChI=1S/C24H26FNO3/c1-18-8-3-4-10-20(18)22(21-11-5-6-12-23(21)25)17-29-15-14-26-13-7-9-19(16-26)24(27)28-2/h3-6,8-12,17H,7,13-16H2,1-2H3. The summed E-state index contributed by atoms with van der Waals surface area (Å²) in [6, 6.07) is 14.6. The summed E-state index contributed by atoms with van der Waals surface area (Å²) in [4.78, 5) is 13.9. The van der Waals surface area contributed by atoms with Crippen molar-refractivity contribution in [2.75, 3.05) is 33.4 Å². The molecule has 0 radical (unpaired) electrons. The average Bonchev–Trinajstić information content (AvgIpc) is 2.75. The van der Waals surface area contributed by atoms with Crippen molar-refractivity contribution < 1.29 is 18.7 Å². The van der Waals surface area contributed by atoms with Crippen LogP contribution < -0.4 is 0 Å². The summed E-state index contributed by atoms with van der Waals surface area (Å²) in [6.45, 7) is 4.53. The SMILES string of the molecule is COC(=O)C1=CCCN(CCOC=C(c2ccccc2C)c2ccccc2F)C1. The number of halogens is 1. The molecule has 1 aliphatic heterocycles. The number of rotatable bonds is 7. The molecule has 0 spiro atoms. The quantitative estimate of drug-likeness (QED) is 0.397.